The standard InChI is InChI=1S/C21H14Cl3NO2/c1-25-16-7-3-2-5-12(16)20(21(26)27)19-13(6-4-8-17(19)25)18-14(23)9-11(22)10-15(18)24/h2-10,20H,1H3,(H,26,27). The summed E-state index contributed by atoms with van der Waals surface area (Å²) in [6.45, 7) is 0. The maximum absolute atomic E-state index is 12.3. The minimum atomic E-state index is -0.926. The summed E-state index contributed by atoms with van der Waals surface area (Å²) in [5, 5.41) is 11.3. The first-order chi connectivity index (χ1) is 12.9. The first-order valence-electron chi connectivity index (χ1n) is 8.23. The molecule has 0 amide bonds. The van der Waals surface area contributed by atoms with Crippen LogP contribution in [0.2, 0.25) is 15.1 Å². The molecule has 1 N–H and O–H groups in total. The second-order valence-corrected chi connectivity index (χ2v) is 7.62. The number of hydrogen-bond acceptors (Lipinski definition) is 2. The summed E-state index contributed by atoms with van der Waals surface area (Å²) in [6.07, 6.45) is 0. The van der Waals surface area contributed by atoms with Crippen LogP contribution in [-0.2, 0) is 4.79 Å². The third kappa shape index (κ3) is 2.87. The highest BCUT2D eigenvalue weighted by molar-refractivity contribution is 6.42. The fraction of sp³-hybridized carbons (Fsp3) is 0.0952. The molecule has 1 atom stereocenters. The van der Waals surface area contributed by atoms with Gasteiger partial charge in [-0.3, -0.25) is 4.79 Å². The molecule has 4 rings (SSSR count). The zero-order valence-corrected chi connectivity index (χ0v) is 16.5. The Morgan fingerprint density at radius 2 is 1.59 bits per heavy atom. The number of carbonyl (C=O) groups is 1. The van der Waals surface area contributed by atoms with Crippen LogP contribution in [0.1, 0.15) is 17.0 Å². The van der Waals surface area contributed by atoms with Gasteiger partial charge in [-0.05, 0) is 35.4 Å². The molecule has 0 bridgehead atoms. The molecule has 0 radical (unpaired) electrons. The third-order valence-corrected chi connectivity index (χ3v) is 5.68. The van der Waals surface area contributed by atoms with Gasteiger partial charge in [-0.1, -0.05) is 65.1 Å². The number of carboxylic acids is 1. The van der Waals surface area contributed by atoms with Crippen LogP contribution in [0.25, 0.3) is 11.1 Å². The molecule has 1 aliphatic rings. The Labute approximate surface area is 171 Å². The van der Waals surface area contributed by atoms with E-state index in [0.29, 0.717) is 31.8 Å². The van der Waals surface area contributed by atoms with Crippen LogP contribution in [0.4, 0.5) is 11.4 Å². The van der Waals surface area contributed by atoms with Gasteiger partial charge in [0.2, 0.25) is 0 Å². The summed E-state index contributed by atoms with van der Waals surface area (Å²) in [5.41, 5.74) is 4.33. The molecule has 1 unspecified atom stereocenters. The smallest absolute Gasteiger partial charge is 0.315 e. The average molecular weight is 419 g/mol. The van der Waals surface area contributed by atoms with E-state index < -0.39 is 11.9 Å². The molecular weight excluding hydrogens is 405 g/mol. The third-order valence-electron chi connectivity index (χ3n) is 4.87. The fourth-order valence-corrected chi connectivity index (χ4v) is 4.77. The van der Waals surface area contributed by atoms with Crippen LogP contribution < -0.4 is 4.90 Å². The number of aliphatic carboxylic acids is 1. The summed E-state index contributed by atoms with van der Waals surface area (Å²) in [6, 6.07) is 16.4. The average Bonchev–Trinajstić information content (AvgIpc) is 2.61. The molecule has 1 aliphatic heterocycles. The van der Waals surface area contributed by atoms with Gasteiger partial charge in [-0.15, -0.1) is 0 Å². The lowest BCUT2D eigenvalue weighted by molar-refractivity contribution is -0.137. The van der Waals surface area contributed by atoms with Crippen molar-refractivity contribution in [3.8, 4) is 11.1 Å². The number of rotatable bonds is 2. The molecule has 6 heteroatoms. The lowest BCUT2D eigenvalue weighted by Crippen LogP contribution is -2.26. The summed E-state index contributed by atoms with van der Waals surface area (Å²) in [7, 11) is 1.92. The van der Waals surface area contributed by atoms with Gasteiger partial charge in [0.1, 0.15) is 5.92 Å². The molecule has 0 aliphatic carbocycles. The topological polar surface area (TPSA) is 40.5 Å². The first-order valence-corrected chi connectivity index (χ1v) is 9.37. The molecule has 0 saturated carbocycles. The molecule has 1 heterocycles. The van der Waals surface area contributed by atoms with Crippen molar-refractivity contribution in [1.29, 1.82) is 0 Å². The predicted octanol–water partition coefficient (Wildman–Crippen LogP) is 6.61. The van der Waals surface area contributed by atoms with Crippen molar-refractivity contribution in [2.24, 2.45) is 0 Å². The second-order valence-electron chi connectivity index (χ2n) is 6.37. The number of fused-ring (bicyclic) bond motifs is 2. The van der Waals surface area contributed by atoms with Gasteiger partial charge in [0.15, 0.2) is 0 Å². The van der Waals surface area contributed by atoms with E-state index in [1.165, 1.54) is 0 Å². The van der Waals surface area contributed by atoms with E-state index in [1.807, 2.05) is 54.4 Å². The van der Waals surface area contributed by atoms with E-state index in [4.69, 9.17) is 34.8 Å². The maximum atomic E-state index is 12.3. The van der Waals surface area contributed by atoms with Crippen molar-refractivity contribution >= 4 is 52.1 Å². The highest BCUT2D eigenvalue weighted by atomic mass is 35.5. The van der Waals surface area contributed by atoms with Crippen molar-refractivity contribution in [2.75, 3.05) is 11.9 Å². The lowest BCUT2D eigenvalue weighted by Gasteiger charge is -2.35. The van der Waals surface area contributed by atoms with Crippen molar-refractivity contribution < 1.29 is 9.90 Å². The zero-order chi connectivity index (χ0) is 19.3. The maximum Gasteiger partial charge on any atom is 0.315 e. The highest BCUT2D eigenvalue weighted by Crippen LogP contribution is 2.50. The Morgan fingerprint density at radius 1 is 0.963 bits per heavy atom. The van der Waals surface area contributed by atoms with E-state index in [0.717, 1.165) is 16.9 Å². The number of nitrogens with zero attached hydrogens (tertiary/aromatic N) is 1. The van der Waals surface area contributed by atoms with Gasteiger partial charge in [-0.25, -0.2) is 0 Å². The van der Waals surface area contributed by atoms with E-state index in [-0.39, 0.29) is 0 Å². The number of para-hydroxylation sites is 1. The number of anilines is 2. The second kappa shape index (κ2) is 6.75. The summed E-state index contributed by atoms with van der Waals surface area (Å²) < 4.78 is 0. The van der Waals surface area contributed by atoms with Gasteiger partial charge in [0.25, 0.3) is 0 Å². The van der Waals surface area contributed by atoms with Gasteiger partial charge in [0.05, 0.1) is 10.0 Å². The largest absolute Gasteiger partial charge is 0.481 e. The number of hydrogen-bond donors (Lipinski definition) is 1. The minimum absolute atomic E-state index is 0.381. The summed E-state index contributed by atoms with van der Waals surface area (Å²) >= 11 is 18.9. The zero-order valence-electron chi connectivity index (χ0n) is 14.2. The van der Waals surface area contributed by atoms with Gasteiger partial charge in [0, 0.05) is 34.6 Å². The fourth-order valence-electron chi connectivity index (χ4n) is 3.75. The normalized spacial score (nSPS) is 15.3. The molecule has 3 aromatic rings. The van der Waals surface area contributed by atoms with Crippen LogP contribution in [0.5, 0.6) is 0 Å². The minimum Gasteiger partial charge on any atom is -0.481 e. The molecule has 3 nitrogen and oxygen atoms in total. The van der Waals surface area contributed by atoms with E-state index in [2.05, 4.69) is 0 Å². The summed E-state index contributed by atoms with van der Waals surface area (Å²) in [4.78, 5) is 14.3. The predicted molar refractivity (Wildman–Crippen MR) is 111 cm³/mol. The van der Waals surface area contributed by atoms with E-state index in [1.54, 1.807) is 12.1 Å². The molecular formula is C21H14Cl3NO2. The Balaban J connectivity index is 2.07. The Hall–Kier alpha value is -2.20. The van der Waals surface area contributed by atoms with Crippen molar-refractivity contribution in [3.63, 3.8) is 0 Å². The van der Waals surface area contributed by atoms with Crippen molar-refractivity contribution in [2.45, 2.75) is 5.92 Å². The lowest BCUT2D eigenvalue weighted by atomic mass is 9.81. The van der Waals surface area contributed by atoms with Gasteiger partial charge >= 0.3 is 5.97 Å². The molecule has 0 spiro atoms. The molecule has 136 valence electrons. The van der Waals surface area contributed by atoms with Crippen LogP contribution in [0.3, 0.4) is 0 Å². The Bertz CT molecular complexity index is 1060. The molecule has 27 heavy (non-hydrogen) atoms. The van der Waals surface area contributed by atoms with Crippen LogP contribution >= 0.6 is 34.8 Å². The van der Waals surface area contributed by atoms with E-state index >= 15 is 0 Å². The quantitative estimate of drug-likeness (QED) is 0.509. The SMILES string of the molecule is CN1c2ccccc2C(C(=O)O)c2c(-c3c(Cl)cc(Cl)cc3Cl)cccc21. The molecule has 3 aromatic carbocycles. The van der Waals surface area contributed by atoms with Gasteiger partial charge in [-0.2, -0.15) is 0 Å². The molecule has 0 aromatic heterocycles. The van der Waals surface area contributed by atoms with Crippen LogP contribution in [0.15, 0.2) is 54.6 Å². The number of carboxylic acid groups (broad SMARTS) is 1. The first kappa shape index (κ1) is 18.2. The monoisotopic (exact) mass is 417 g/mol. The highest BCUT2D eigenvalue weighted by Gasteiger charge is 2.36. The molecule has 0 fully saturated rings. The number of benzene rings is 3. The number of halogens is 3. The van der Waals surface area contributed by atoms with Crippen LogP contribution in [0, 0.1) is 0 Å². The van der Waals surface area contributed by atoms with Crippen molar-refractivity contribution in [1.82, 2.24) is 0 Å². The molecule has 0 saturated heterocycles. The summed E-state index contributed by atoms with van der Waals surface area (Å²) in [5.74, 6) is -1.75. The van der Waals surface area contributed by atoms with Gasteiger partial charge < -0.3 is 10.0 Å². The Kier molecular flexibility index (Phi) is 4.55. The Morgan fingerprint density at radius 3 is 2.26 bits per heavy atom. The van der Waals surface area contributed by atoms with Crippen LogP contribution in [-0.4, -0.2) is 18.1 Å². The van der Waals surface area contributed by atoms with Crippen molar-refractivity contribution in [3.05, 3.63) is 80.8 Å². The van der Waals surface area contributed by atoms with E-state index in [9.17, 15) is 9.90 Å².